The van der Waals surface area contributed by atoms with Gasteiger partial charge in [0, 0.05) is 19.5 Å². The van der Waals surface area contributed by atoms with Crippen LogP contribution in [0.5, 0.6) is 5.75 Å². The molecule has 0 unspecified atom stereocenters. The highest BCUT2D eigenvalue weighted by Crippen LogP contribution is 2.21. The standard InChI is InChI=1S/C28H30FN3O2/c1-20-14-15-21(2)26(19-20)34-18-8-17-32-25-12-6-5-11-24(25)31-27(32)13-7-16-30-28(33)22-9-3-4-10-23(22)29/h3-6,9-12,14-15,19H,7-8,13,16-18H2,1-2H3,(H,30,33). The first kappa shape index (κ1) is 23.5. The summed E-state index contributed by atoms with van der Waals surface area (Å²) in [6.07, 6.45) is 2.28. The van der Waals surface area contributed by atoms with Crippen molar-refractivity contribution in [1.82, 2.24) is 14.9 Å². The number of halogens is 1. The van der Waals surface area contributed by atoms with E-state index in [2.05, 4.69) is 48.0 Å². The molecule has 0 aliphatic rings. The van der Waals surface area contributed by atoms with Gasteiger partial charge in [0.25, 0.3) is 5.91 Å². The average Bonchev–Trinajstić information content (AvgIpc) is 3.19. The zero-order chi connectivity index (χ0) is 23.9. The molecule has 5 nitrogen and oxygen atoms in total. The van der Waals surface area contributed by atoms with Gasteiger partial charge in [-0.1, -0.05) is 36.4 Å². The van der Waals surface area contributed by atoms with E-state index in [1.54, 1.807) is 12.1 Å². The van der Waals surface area contributed by atoms with Crippen molar-refractivity contribution in [2.24, 2.45) is 0 Å². The van der Waals surface area contributed by atoms with E-state index in [0.29, 0.717) is 26.0 Å². The Hall–Kier alpha value is -3.67. The fourth-order valence-corrected chi connectivity index (χ4v) is 4.02. The van der Waals surface area contributed by atoms with Gasteiger partial charge in [0.1, 0.15) is 17.4 Å². The number of aromatic nitrogens is 2. The Kier molecular flexibility index (Phi) is 7.58. The van der Waals surface area contributed by atoms with E-state index in [4.69, 9.17) is 9.72 Å². The van der Waals surface area contributed by atoms with Crippen molar-refractivity contribution in [2.75, 3.05) is 13.2 Å². The zero-order valence-corrected chi connectivity index (χ0v) is 19.7. The lowest BCUT2D eigenvalue weighted by atomic mass is 10.1. The summed E-state index contributed by atoms with van der Waals surface area (Å²) >= 11 is 0. The van der Waals surface area contributed by atoms with E-state index >= 15 is 0 Å². The minimum atomic E-state index is -0.509. The van der Waals surface area contributed by atoms with Crippen molar-refractivity contribution < 1.29 is 13.9 Å². The number of ether oxygens (including phenoxy) is 1. The number of nitrogens with zero attached hydrogens (tertiary/aromatic N) is 2. The molecule has 1 aromatic heterocycles. The number of aryl methyl sites for hydroxylation is 4. The maximum Gasteiger partial charge on any atom is 0.254 e. The monoisotopic (exact) mass is 459 g/mol. The Morgan fingerprint density at radius 1 is 1.03 bits per heavy atom. The van der Waals surface area contributed by atoms with Gasteiger partial charge in [-0.25, -0.2) is 9.37 Å². The molecule has 4 aromatic rings. The number of nitrogens with one attached hydrogen (secondary N) is 1. The van der Waals surface area contributed by atoms with Crippen molar-refractivity contribution in [3.63, 3.8) is 0 Å². The quantitative estimate of drug-likeness (QED) is 0.313. The molecule has 4 rings (SSSR count). The number of rotatable bonds is 10. The van der Waals surface area contributed by atoms with Crippen LogP contribution >= 0.6 is 0 Å². The molecule has 1 heterocycles. The van der Waals surface area contributed by atoms with Crippen LogP contribution in [0.25, 0.3) is 11.0 Å². The van der Waals surface area contributed by atoms with Crippen molar-refractivity contribution >= 4 is 16.9 Å². The number of para-hydroxylation sites is 2. The number of carbonyl (C=O) groups is 1. The van der Waals surface area contributed by atoms with Crippen LogP contribution in [0.1, 0.15) is 40.2 Å². The van der Waals surface area contributed by atoms with Crippen molar-refractivity contribution in [3.8, 4) is 5.75 Å². The molecule has 0 saturated carbocycles. The molecule has 176 valence electrons. The minimum Gasteiger partial charge on any atom is -0.493 e. The molecule has 0 aliphatic carbocycles. The number of amides is 1. The van der Waals surface area contributed by atoms with E-state index in [-0.39, 0.29) is 5.56 Å². The van der Waals surface area contributed by atoms with Crippen LogP contribution in [0.2, 0.25) is 0 Å². The van der Waals surface area contributed by atoms with E-state index in [1.165, 1.54) is 17.7 Å². The highest BCUT2D eigenvalue weighted by Gasteiger charge is 2.12. The summed E-state index contributed by atoms with van der Waals surface area (Å²) in [5.74, 6) is 1.01. The van der Waals surface area contributed by atoms with Gasteiger partial charge in [-0.3, -0.25) is 4.79 Å². The molecule has 0 atom stereocenters. The molecule has 0 spiro atoms. The summed E-state index contributed by atoms with van der Waals surface area (Å²) in [6, 6.07) is 20.4. The van der Waals surface area contributed by atoms with Gasteiger partial charge in [-0.15, -0.1) is 0 Å². The summed E-state index contributed by atoms with van der Waals surface area (Å²) in [7, 11) is 0. The first-order chi connectivity index (χ1) is 16.5. The van der Waals surface area contributed by atoms with Gasteiger partial charge in [0.05, 0.1) is 23.2 Å². The van der Waals surface area contributed by atoms with Crippen molar-refractivity contribution in [2.45, 2.75) is 39.7 Å². The number of carbonyl (C=O) groups excluding carboxylic acids is 1. The van der Waals surface area contributed by atoms with Crippen LogP contribution in [-0.4, -0.2) is 28.6 Å². The summed E-state index contributed by atoms with van der Waals surface area (Å²) in [4.78, 5) is 17.0. The lowest BCUT2D eigenvalue weighted by molar-refractivity contribution is 0.0949. The lowest BCUT2D eigenvalue weighted by Gasteiger charge is -2.12. The topological polar surface area (TPSA) is 56.1 Å². The Morgan fingerprint density at radius 2 is 1.82 bits per heavy atom. The Labute approximate surface area is 199 Å². The second-order valence-corrected chi connectivity index (χ2v) is 8.48. The Morgan fingerprint density at radius 3 is 2.68 bits per heavy atom. The fourth-order valence-electron chi connectivity index (χ4n) is 4.02. The molecule has 0 fully saturated rings. The van der Waals surface area contributed by atoms with Crippen molar-refractivity contribution in [3.05, 3.63) is 95.1 Å². The Balaban J connectivity index is 1.35. The average molecular weight is 460 g/mol. The summed E-state index contributed by atoms with van der Waals surface area (Å²) in [5.41, 5.74) is 4.45. The maximum atomic E-state index is 13.8. The highest BCUT2D eigenvalue weighted by atomic mass is 19.1. The van der Waals surface area contributed by atoms with Crippen LogP contribution in [-0.2, 0) is 13.0 Å². The van der Waals surface area contributed by atoms with Crippen LogP contribution in [0.3, 0.4) is 0 Å². The van der Waals surface area contributed by atoms with Gasteiger partial charge in [0.15, 0.2) is 0 Å². The molecular formula is C28H30FN3O2. The third-order valence-electron chi connectivity index (χ3n) is 5.84. The van der Waals surface area contributed by atoms with Crippen LogP contribution in [0.15, 0.2) is 66.7 Å². The zero-order valence-electron chi connectivity index (χ0n) is 19.7. The van der Waals surface area contributed by atoms with Gasteiger partial charge in [-0.2, -0.15) is 0 Å². The molecule has 0 bridgehead atoms. The number of benzene rings is 3. The number of fused-ring (bicyclic) bond motifs is 1. The van der Waals surface area contributed by atoms with Crippen molar-refractivity contribution in [1.29, 1.82) is 0 Å². The lowest BCUT2D eigenvalue weighted by Crippen LogP contribution is -2.25. The van der Waals surface area contributed by atoms with E-state index in [9.17, 15) is 9.18 Å². The largest absolute Gasteiger partial charge is 0.493 e. The predicted molar refractivity (Wildman–Crippen MR) is 133 cm³/mol. The molecule has 1 amide bonds. The molecule has 0 radical (unpaired) electrons. The van der Waals surface area contributed by atoms with E-state index in [1.807, 2.05) is 18.2 Å². The number of hydrogen-bond donors (Lipinski definition) is 1. The van der Waals surface area contributed by atoms with Gasteiger partial charge in [0.2, 0.25) is 0 Å². The third kappa shape index (κ3) is 5.63. The predicted octanol–water partition coefficient (Wildman–Crippen LogP) is 5.62. The second-order valence-electron chi connectivity index (χ2n) is 8.48. The highest BCUT2D eigenvalue weighted by molar-refractivity contribution is 5.94. The minimum absolute atomic E-state index is 0.0681. The maximum absolute atomic E-state index is 13.8. The second kappa shape index (κ2) is 11.0. The smallest absolute Gasteiger partial charge is 0.254 e. The first-order valence-corrected chi connectivity index (χ1v) is 11.7. The van der Waals surface area contributed by atoms with Gasteiger partial charge >= 0.3 is 0 Å². The van der Waals surface area contributed by atoms with Crippen LogP contribution in [0.4, 0.5) is 4.39 Å². The molecule has 0 saturated heterocycles. The molecule has 6 heteroatoms. The van der Waals surface area contributed by atoms with E-state index < -0.39 is 11.7 Å². The Bertz CT molecular complexity index is 1280. The summed E-state index contributed by atoms with van der Waals surface area (Å²) in [5, 5.41) is 2.81. The van der Waals surface area contributed by atoms with Crippen LogP contribution < -0.4 is 10.1 Å². The molecule has 0 aliphatic heterocycles. The molecule has 34 heavy (non-hydrogen) atoms. The first-order valence-electron chi connectivity index (χ1n) is 11.7. The van der Waals surface area contributed by atoms with Crippen LogP contribution in [0, 0.1) is 19.7 Å². The fraction of sp³-hybridized carbons (Fsp3) is 0.286. The molecule has 1 N–H and O–H groups in total. The van der Waals surface area contributed by atoms with Gasteiger partial charge in [-0.05, 0) is 68.1 Å². The SMILES string of the molecule is Cc1ccc(C)c(OCCCn2c(CCCNC(=O)c3ccccc3F)nc3ccccc32)c1. The number of imidazole rings is 1. The van der Waals surface area contributed by atoms with Gasteiger partial charge < -0.3 is 14.6 Å². The number of hydrogen-bond acceptors (Lipinski definition) is 3. The summed E-state index contributed by atoms with van der Waals surface area (Å²) < 4.78 is 22.1. The normalized spacial score (nSPS) is 11.0. The molecular weight excluding hydrogens is 429 g/mol. The third-order valence-corrected chi connectivity index (χ3v) is 5.84. The van der Waals surface area contributed by atoms with E-state index in [0.717, 1.165) is 41.1 Å². The summed E-state index contributed by atoms with van der Waals surface area (Å²) in [6.45, 7) is 5.99. The molecule has 3 aromatic carbocycles.